The molecule has 1 atom stereocenters. The van der Waals surface area contributed by atoms with E-state index in [9.17, 15) is 9.18 Å². The number of hydrogen-bond donors (Lipinski definition) is 1. The Hall–Kier alpha value is -1.54. The van der Waals surface area contributed by atoms with Gasteiger partial charge in [-0.1, -0.05) is 19.1 Å². The maximum atomic E-state index is 13.2. The van der Waals surface area contributed by atoms with Gasteiger partial charge >= 0.3 is 0 Å². The van der Waals surface area contributed by atoms with Gasteiger partial charge in [0.1, 0.15) is 5.82 Å². The van der Waals surface area contributed by atoms with Crippen molar-refractivity contribution in [3.05, 3.63) is 35.6 Å². The van der Waals surface area contributed by atoms with Crippen molar-refractivity contribution in [3.8, 4) is 6.07 Å². The Morgan fingerprint density at radius 1 is 1.62 bits per heavy atom. The largest absolute Gasteiger partial charge is 0.328 e. The summed E-state index contributed by atoms with van der Waals surface area (Å²) < 4.78 is 13.2. The number of nitriles is 1. The van der Waals surface area contributed by atoms with Crippen molar-refractivity contribution in [1.29, 1.82) is 5.26 Å². The van der Waals surface area contributed by atoms with Gasteiger partial charge in [-0.05, 0) is 17.9 Å². The van der Waals surface area contributed by atoms with E-state index >= 15 is 0 Å². The van der Waals surface area contributed by atoms with E-state index in [-0.39, 0.29) is 5.56 Å². The van der Waals surface area contributed by atoms with Gasteiger partial charge in [-0.3, -0.25) is 4.79 Å². The second-order valence-electron chi connectivity index (χ2n) is 2.92. The first kappa shape index (κ1) is 12.5. The van der Waals surface area contributed by atoms with E-state index in [4.69, 9.17) is 5.26 Å². The zero-order valence-corrected chi connectivity index (χ0v) is 9.55. The van der Waals surface area contributed by atoms with E-state index in [0.717, 1.165) is 0 Å². The van der Waals surface area contributed by atoms with Crippen molar-refractivity contribution in [2.24, 2.45) is 0 Å². The molecule has 0 radical (unpaired) electrons. The van der Waals surface area contributed by atoms with Crippen molar-refractivity contribution in [3.63, 3.8) is 0 Å². The molecule has 1 aromatic rings. The normalized spacial score (nSPS) is 11.6. The lowest BCUT2D eigenvalue weighted by Gasteiger charge is -2.10. The van der Waals surface area contributed by atoms with Crippen LogP contribution in [0.25, 0.3) is 0 Å². The number of nitrogens with one attached hydrogen (secondary N) is 1. The summed E-state index contributed by atoms with van der Waals surface area (Å²) in [6.07, 6.45) is 0. The van der Waals surface area contributed by atoms with Crippen LogP contribution in [0.3, 0.4) is 0 Å². The summed E-state index contributed by atoms with van der Waals surface area (Å²) in [6.45, 7) is 1.88. The SMILES string of the molecule is CCSC(C#N)NC(=O)c1ccccc1F. The minimum absolute atomic E-state index is 0.0422. The van der Waals surface area contributed by atoms with Crippen LogP contribution >= 0.6 is 11.8 Å². The summed E-state index contributed by atoms with van der Waals surface area (Å²) >= 11 is 1.29. The fourth-order valence-electron chi connectivity index (χ4n) is 1.12. The minimum Gasteiger partial charge on any atom is -0.328 e. The Morgan fingerprint density at radius 3 is 2.88 bits per heavy atom. The van der Waals surface area contributed by atoms with Crippen LogP contribution in [-0.4, -0.2) is 17.0 Å². The highest BCUT2D eigenvalue weighted by molar-refractivity contribution is 8.00. The number of carbonyl (C=O) groups is 1. The number of benzene rings is 1. The molecule has 0 aliphatic carbocycles. The first-order chi connectivity index (χ1) is 7.69. The molecule has 0 fully saturated rings. The first-order valence-electron chi connectivity index (χ1n) is 4.75. The molecule has 1 N–H and O–H groups in total. The summed E-state index contributed by atoms with van der Waals surface area (Å²) in [5, 5.41) is 10.5. The Morgan fingerprint density at radius 2 is 2.31 bits per heavy atom. The predicted molar refractivity (Wildman–Crippen MR) is 61.4 cm³/mol. The van der Waals surface area contributed by atoms with Gasteiger partial charge in [-0.2, -0.15) is 5.26 Å². The molecule has 0 bridgehead atoms. The molecule has 16 heavy (non-hydrogen) atoms. The van der Waals surface area contributed by atoms with Crippen molar-refractivity contribution in [2.75, 3.05) is 5.75 Å². The standard InChI is InChI=1S/C11H11FN2OS/c1-2-16-10(7-13)14-11(15)8-5-3-4-6-9(8)12/h3-6,10H,2H2,1H3,(H,14,15). The average molecular weight is 238 g/mol. The molecule has 1 rings (SSSR count). The quantitative estimate of drug-likeness (QED) is 0.818. The second kappa shape index (κ2) is 6.13. The topological polar surface area (TPSA) is 52.9 Å². The Balaban J connectivity index is 2.73. The molecule has 0 heterocycles. The number of thioether (sulfide) groups is 1. The summed E-state index contributed by atoms with van der Waals surface area (Å²) in [6, 6.07) is 7.61. The molecular formula is C11H11FN2OS. The third-order valence-electron chi connectivity index (χ3n) is 1.83. The molecule has 1 amide bonds. The molecule has 0 saturated heterocycles. The Kier molecular flexibility index (Phi) is 4.80. The van der Waals surface area contributed by atoms with Crippen molar-refractivity contribution in [2.45, 2.75) is 12.3 Å². The van der Waals surface area contributed by atoms with Gasteiger partial charge in [0.2, 0.25) is 0 Å². The van der Waals surface area contributed by atoms with Crippen molar-refractivity contribution < 1.29 is 9.18 Å². The van der Waals surface area contributed by atoms with Gasteiger partial charge in [0.25, 0.3) is 5.91 Å². The molecule has 0 aliphatic rings. The van der Waals surface area contributed by atoms with E-state index in [2.05, 4.69) is 5.32 Å². The number of rotatable bonds is 4. The molecule has 0 aliphatic heterocycles. The molecule has 1 unspecified atom stereocenters. The first-order valence-corrected chi connectivity index (χ1v) is 5.80. The Labute approximate surface area is 97.6 Å². The van der Waals surface area contributed by atoms with Crippen LogP contribution in [0.15, 0.2) is 24.3 Å². The van der Waals surface area contributed by atoms with Gasteiger partial charge in [-0.25, -0.2) is 4.39 Å². The van der Waals surface area contributed by atoms with E-state index in [1.165, 1.54) is 30.0 Å². The van der Waals surface area contributed by atoms with Crippen LogP contribution < -0.4 is 5.32 Å². The van der Waals surface area contributed by atoms with Crippen LogP contribution in [0, 0.1) is 17.1 Å². The number of amides is 1. The Bertz CT molecular complexity index is 417. The van der Waals surface area contributed by atoms with Crippen LogP contribution in [0.5, 0.6) is 0 Å². The van der Waals surface area contributed by atoms with E-state index in [1.807, 2.05) is 13.0 Å². The number of halogens is 1. The van der Waals surface area contributed by atoms with Crippen LogP contribution in [-0.2, 0) is 0 Å². The zero-order chi connectivity index (χ0) is 12.0. The highest BCUT2D eigenvalue weighted by Gasteiger charge is 2.15. The number of hydrogen-bond acceptors (Lipinski definition) is 3. The summed E-state index contributed by atoms with van der Waals surface area (Å²) in [5.41, 5.74) is -0.0422. The van der Waals surface area contributed by atoms with Crippen molar-refractivity contribution in [1.82, 2.24) is 5.32 Å². The highest BCUT2D eigenvalue weighted by atomic mass is 32.2. The number of carbonyl (C=O) groups excluding carboxylic acids is 1. The lowest BCUT2D eigenvalue weighted by atomic mass is 10.2. The minimum atomic E-state index is -0.642. The van der Waals surface area contributed by atoms with Gasteiger partial charge in [-0.15, -0.1) is 11.8 Å². The van der Waals surface area contributed by atoms with E-state index in [1.54, 1.807) is 6.07 Å². The van der Waals surface area contributed by atoms with Gasteiger partial charge in [0, 0.05) is 0 Å². The van der Waals surface area contributed by atoms with E-state index in [0.29, 0.717) is 5.75 Å². The molecule has 0 aromatic heterocycles. The predicted octanol–water partition coefficient (Wildman–Crippen LogP) is 2.16. The van der Waals surface area contributed by atoms with Crippen LogP contribution in [0.2, 0.25) is 0 Å². The third-order valence-corrected chi connectivity index (χ3v) is 2.72. The van der Waals surface area contributed by atoms with E-state index < -0.39 is 17.1 Å². The summed E-state index contributed by atoms with van der Waals surface area (Å²) in [5.74, 6) is -0.445. The summed E-state index contributed by atoms with van der Waals surface area (Å²) in [7, 11) is 0. The molecule has 0 saturated carbocycles. The molecule has 1 aromatic carbocycles. The summed E-state index contributed by atoms with van der Waals surface area (Å²) in [4.78, 5) is 11.6. The third kappa shape index (κ3) is 3.24. The maximum absolute atomic E-state index is 13.2. The maximum Gasteiger partial charge on any atom is 0.255 e. The zero-order valence-electron chi connectivity index (χ0n) is 8.74. The second-order valence-corrected chi connectivity index (χ2v) is 4.30. The van der Waals surface area contributed by atoms with Crippen LogP contribution in [0.4, 0.5) is 4.39 Å². The van der Waals surface area contributed by atoms with Crippen LogP contribution in [0.1, 0.15) is 17.3 Å². The molecule has 0 spiro atoms. The molecule has 84 valence electrons. The lowest BCUT2D eigenvalue weighted by Crippen LogP contribution is -2.32. The van der Waals surface area contributed by atoms with Gasteiger partial charge < -0.3 is 5.32 Å². The molecular weight excluding hydrogens is 227 g/mol. The number of nitrogens with zero attached hydrogens (tertiary/aromatic N) is 1. The lowest BCUT2D eigenvalue weighted by molar-refractivity contribution is 0.0951. The fourth-order valence-corrected chi connectivity index (χ4v) is 1.72. The monoisotopic (exact) mass is 238 g/mol. The molecule has 5 heteroatoms. The molecule has 3 nitrogen and oxygen atoms in total. The highest BCUT2D eigenvalue weighted by Crippen LogP contribution is 2.10. The van der Waals surface area contributed by atoms with Gasteiger partial charge in [0.15, 0.2) is 5.37 Å². The smallest absolute Gasteiger partial charge is 0.255 e. The average Bonchev–Trinajstić information content (AvgIpc) is 2.28. The van der Waals surface area contributed by atoms with Crippen molar-refractivity contribution >= 4 is 17.7 Å². The van der Waals surface area contributed by atoms with Gasteiger partial charge in [0.05, 0.1) is 11.6 Å². The fraction of sp³-hybridized carbons (Fsp3) is 0.273.